The van der Waals surface area contributed by atoms with Crippen molar-refractivity contribution in [2.24, 2.45) is 5.41 Å². The Morgan fingerprint density at radius 1 is 1.10 bits per heavy atom. The first-order valence-electron chi connectivity index (χ1n) is 7.97. The first-order valence-corrected chi connectivity index (χ1v) is 7.97. The Balaban J connectivity index is 1.57. The fraction of sp³-hybridized carbons (Fsp3) is 0.867. The third-order valence-corrected chi connectivity index (χ3v) is 4.76. The lowest BCUT2D eigenvalue weighted by Crippen LogP contribution is -2.52. The molecule has 2 amide bonds. The van der Waals surface area contributed by atoms with Crippen LogP contribution >= 0.6 is 0 Å². The number of nitrogens with zero attached hydrogens (tertiary/aromatic N) is 1. The predicted molar refractivity (Wildman–Crippen MR) is 75.4 cm³/mol. The van der Waals surface area contributed by atoms with Crippen LogP contribution in [-0.2, 0) is 19.1 Å². The second kappa shape index (κ2) is 5.57. The average molecular weight is 296 g/mol. The summed E-state index contributed by atoms with van der Waals surface area (Å²) < 4.78 is 11.3. The van der Waals surface area contributed by atoms with Gasteiger partial charge in [0.2, 0.25) is 11.8 Å². The number of ether oxygens (including phenoxy) is 2. The molecule has 2 saturated heterocycles. The molecule has 6 nitrogen and oxygen atoms in total. The zero-order chi connectivity index (χ0) is 14.9. The van der Waals surface area contributed by atoms with Crippen LogP contribution in [0.15, 0.2) is 0 Å². The van der Waals surface area contributed by atoms with Gasteiger partial charge >= 0.3 is 0 Å². The van der Waals surface area contributed by atoms with Gasteiger partial charge in [0, 0.05) is 32.5 Å². The summed E-state index contributed by atoms with van der Waals surface area (Å²) in [5.74, 6) is -0.579. The number of carbonyl (C=O) groups is 2. The Bertz CT molecular complexity index is 417. The van der Waals surface area contributed by atoms with Crippen LogP contribution in [0.2, 0.25) is 0 Å². The van der Waals surface area contributed by atoms with Crippen LogP contribution in [0.5, 0.6) is 0 Å². The quantitative estimate of drug-likeness (QED) is 0.774. The average Bonchev–Trinajstić information content (AvgIpc) is 3.21. The largest absolute Gasteiger partial charge is 0.355 e. The van der Waals surface area contributed by atoms with Crippen LogP contribution in [-0.4, -0.2) is 55.3 Å². The van der Waals surface area contributed by atoms with E-state index >= 15 is 0 Å². The molecule has 0 bridgehead atoms. The molecule has 2 aliphatic heterocycles. The highest BCUT2D eigenvalue weighted by Gasteiger charge is 2.58. The molecule has 0 aromatic heterocycles. The molecule has 6 heteroatoms. The number of hydrogen-bond acceptors (Lipinski definition) is 4. The standard InChI is InChI=1S/C15H24N2O4/c1-2-7-16-12(18)14(3-4-14)13(19)17-8-5-15(6-9-17)20-10-11-21-15/h2-11H2,1H3,(H,16,18). The Morgan fingerprint density at radius 2 is 1.71 bits per heavy atom. The topological polar surface area (TPSA) is 67.9 Å². The molecule has 21 heavy (non-hydrogen) atoms. The highest BCUT2D eigenvalue weighted by molar-refractivity contribution is 6.07. The molecule has 0 aromatic carbocycles. The van der Waals surface area contributed by atoms with E-state index in [4.69, 9.17) is 9.47 Å². The second-order valence-electron chi connectivity index (χ2n) is 6.24. The van der Waals surface area contributed by atoms with Gasteiger partial charge in [0.15, 0.2) is 5.79 Å². The van der Waals surface area contributed by atoms with Crippen molar-refractivity contribution in [2.45, 2.75) is 44.8 Å². The number of hydrogen-bond donors (Lipinski definition) is 1. The fourth-order valence-corrected chi connectivity index (χ4v) is 3.21. The Kier molecular flexibility index (Phi) is 3.92. The van der Waals surface area contributed by atoms with Crippen molar-refractivity contribution in [1.82, 2.24) is 10.2 Å². The van der Waals surface area contributed by atoms with Crippen molar-refractivity contribution in [3.05, 3.63) is 0 Å². The molecule has 1 spiro atoms. The lowest BCUT2D eigenvalue weighted by molar-refractivity contribution is -0.188. The normalized spacial score (nSPS) is 25.9. The first-order chi connectivity index (χ1) is 10.1. The summed E-state index contributed by atoms with van der Waals surface area (Å²) in [5.41, 5.74) is -0.781. The number of piperidine rings is 1. The molecular weight excluding hydrogens is 272 g/mol. The van der Waals surface area contributed by atoms with Gasteiger partial charge < -0.3 is 19.7 Å². The van der Waals surface area contributed by atoms with Crippen molar-refractivity contribution < 1.29 is 19.1 Å². The minimum Gasteiger partial charge on any atom is -0.355 e. The summed E-state index contributed by atoms with van der Waals surface area (Å²) in [5, 5.41) is 2.87. The minimum absolute atomic E-state index is 0.0102. The zero-order valence-electron chi connectivity index (χ0n) is 12.7. The van der Waals surface area contributed by atoms with Gasteiger partial charge in [-0.15, -0.1) is 0 Å². The van der Waals surface area contributed by atoms with Crippen LogP contribution in [0, 0.1) is 5.41 Å². The smallest absolute Gasteiger partial charge is 0.238 e. The first kappa shape index (κ1) is 14.8. The van der Waals surface area contributed by atoms with E-state index in [1.54, 1.807) is 0 Å². The second-order valence-corrected chi connectivity index (χ2v) is 6.24. The highest BCUT2D eigenvalue weighted by Crippen LogP contribution is 2.48. The molecule has 0 aromatic rings. The van der Waals surface area contributed by atoms with E-state index < -0.39 is 11.2 Å². The van der Waals surface area contributed by atoms with Crippen LogP contribution in [0.4, 0.5) is 0 Å². The van der Waals surface area contributed by atoms with Gasteiger partial charge in [0.05, 0.1) is 13.2 Å². The van der Waals surface area contributed by atoms with Crippen LogP contribution < -0.4 is 5.32 Å². The molecule has 0 radical (unpaired) electrons. The zero-order valence-corrected chi connectivity index (χ0v) is 12.7. The van der Waals surface area contributed by atoms with Gasteiger partial charge in [-0.3, -0.25) is 9.59 Å². The monoisotopic (exact) mass is 296 g/mol. The summed E-state index contributed by atoms with van der Waals surface area (Å²) in [4.78, 5) is 26.7. The summed E-state index contributed by atoms with van der Waals surface area (Å²) in [7, 11) is 0. The maximum atomic E-state index is 12.7. The molecule has 3 rings (SSSR count). The molecule has 0 unspecified atom stereocenters. The van der Waals surface area contributed by atoms with E-state index in [1.807, 2.05) is 11.8 Å². The predicted octanol–water partition coefficient (Wildman–Crippen LogP) is 0.658. The number of nitrogens with one attached hydrogen (secondary N) is 1. The Hall–Kier alpha value is -1.14. The van der Waals surface area contributed by atoms with Gasteiger partial charge in [-0.05, 0) is 19.3 Å². The van der Waals surface area contributed by atoms with Gasteiger partial charge in [-0.2, -0.15) is 0 Å². The van der Waals surface area contributed by atoms with Crippen molar-refractivity contribution in [3.63, 3.8) is 0 Å². The number of carbonyl (C=O) groups excluding carboxylic acids is 2. The molecule has 2 heterocycles. The Morgan fingerprint density at radius 3 is 2.24 bits per heavy atom. The molecular formula is C15H24N2O4. The van der Waals surface area contributed by atoms with Gasteiger partial charge in [0.1, 0.15) is 5.41 Å². The summed E-state index contributed by atoms with van der Waals surface area (Å²) in [6, 6.07) is 0. The molecule has 3 aliphatic rings. The van der Waals surface area contributed by atoms with E-state index in [2.05, 4.69) is 5.32 Å². The van der Waals surface area contributed by atoms with Crippen molar-refractivity contribution in [1.29, 1.82) is 0 Å². The van der Waals surface area contributed by atoms with Crippen molar-refractivity contribution in [3.8, 4) is 0 Å². The lowest BCUT2D eigenvalue weighted by Gasteiger charge is -2.38. The molecule has 1 saturated carbocycles. The Labute approximate surface area is 125 Å². The van der Waals surface area contributed by atoms with E-state index in [1.165, 1.54) is 0 Å². The van der Waals surface area contributed by atoms with E-state index in [0.29, 0.717) is 58.5 Å². The van der Waals surface area contributed by atoms with Crippen molar-refractivity contribution in [2.75, 3.05) is 32.8 Å². The van der Waals surface area contributed by atoms with E-state index in [0.717, 1.165) is 6.42 Å². The fourth-order valence-electron chi connectivity index (χ4n) is 3.21. The van der Waals surface area contributed by atoms with E-state index in [-0.39, 0.29) is 11.8 Å². The summed E-state index contributed by atoms with van der Waals surface area (Å²) >= 11 is 0. The lowest BCUT2D eigenvalue weighted by atomic mass is 9.99. The SMILES string of the molecule is CCCNC(=O)C1(C(=O)N2CCC3(CC2)OCCO3)CC1. The highest BCUT2D eigenvalue weighted by atomic mass is 16.7. The molecule has 3 fully saturated rings. The number of amides is 2. The molecule has 118 valence electrons. The van der Waals surface area contributed by atoms with Crippen LogP contribution in [0.25, 0.3) is 0 Å². The van der Waals surface area contributed by atoms with Gasteiger partial charge in [-0.1, -0.05) is 6.92 Å². The van der Waals surface area contributed by atoms with Crippen molar-refractivity contribution >= 4 is 11.8 Å². The molecule has 0 atom stereocenters. The number of likely N-dealkylation sites (tertiary alicyclic amines) is 1. The van der Waals surface area contributed by atoms with Gasteiger partial charge in [0.25, 0.3) is 0 Å². The summed E-state index contributed by atoms with van der Waals surface area (Å²) in [6.45, 7) is 5.14. The number of rotatable bonds is 4. The molecule has 1 aliphatic carbocycles. The van der Waals surface area contributed by atoms with E-state index in [9.17, 15) is 9.59 Å². The van der Waals surface area contributed by atoms with Crippen LogP contribution in [0.3, 0.4) is 0 Å². The molecule has 1 N–H and O–H groups in total. The maximum absolute atomic E-state index is 12.7. The summed E-state index contributed by atoms with van der Waals surface area (Å²) in [6.07, 6.45) is 3.64. The van der Waals surface area contributed by atoms with Crippen LogP contribution in [0.1, 0.15) is 39.0 Å². The van der Waals surface area contributed by atoms with Gasteiger partial charge in [-0.25, -0.2) is 0 Å². The third-order valence-electron chi connectivity index (χ3n) is 4.76. The maximum Gasteiger partial charge on any atom is 0.238 e. The minimum atomic E-state index is -0.781. The third kappa shape index (κ3) is 2.66.